The van der Waals surface area contributed by atoms with Gasteiger partial charge in [-0.3, -0.25) is 14.4 Å². The number of amides is 3. The number of nitrogens with one attached hydrogen (secondary N) is 1. The number of hydrogen-bond donors (Lipinski definition) is 3. The third kappa shape index (κ3) is 5.66. The molecule has 0 aliphatic carbocycles. The second kappa shape index (κ2) is 12.1. The van der Waals surface area contributed by atoms with Crippen molar-refractivity contribution in [1.82, 2.24) is 4.90 Å². The molecule has 8 nitrogen and oxygen atoms in total. The van der Waals surface area contributed by atoms with Gasteiger partial charge >= 0.3 is 0 Å². The molecule has 0 aromatic heterocycles. The SMILES string of the molecule is C[C@H](/C=C/CC(=O)N1CCC[C@H]1CO)[C@@]1(O)C(=O)N(Cc2ccc(NC(=O)c3ccccc3)cc2)c2ccccc21. The zero-order chi connectivity index (χ0) is 29.0. The third-order valence-electron chi connectivity index (χ3n) is 8.05. The van der Waals surface area contributed by atoms with Crippen LogP contribution in [0.2, 0.25) is 0 Å². The Labute approximate surface area is 239 Å². The van der Waals surface area contributed by atoms with Gasteiger partial charge < -0.3 is 25.3 Å². The molecular formula is C33H35N3O5. The van der Waals surface area contributed by atoms with Crippen molar-refractivity contribution in [2.24, 2.45) is 5.92 Å². The standard InChI is InChI=1S/C33H35N3O5/c1-23(9-7-15-30(38)35-20-8-12-27(35)22-37)33(41)28-13-5-6-14-29(28)36(32(33)40)21-24-16-18-26(19-17-24)34-31(39)25-10-3-2-4-11-25/h2-7,9-11,13-14,16-19,23,27,37,41H,8,12,15,20-22H2,1H3,(H,34,39)/b9-7+/t23-,27+,33+/m1/s1. The molecule has 41 heavy (non-hydrogen) atoms. The quantitative estimate of drug-likeness (QED) is 0.344. The van der Waals surface area contributed by atoms with Gasteiger partial charge in [0.05, 0.1) is 24.9 Å². The highest BCUT2D eigenvalue weighted by atomic mass is 16.3. The van der Waals surface area contributed by atoms with Gasteiger partial charge in [0.2, 0.25) is 5.91 Å². The molecule has 2 aliphatic rings. The average Bonchev–Trinajstić information content (AvgIpc) is 3.57. The lowest BCUT2D eigenvalue weighted by molar-refractivity contribution is -0.139. The number of aliphatic hydroxyl groups is 2. The lowest BCUT2D eigenvalue weighted by Crippen LogP contribution is -2.44. The molecule has 3 atom stereocenters. The number of anilines is 2. The Morgan fingerprint density at radius 3 is 2.49 bits per heavy atom. The van der Waals surface area contributed by atoms with E-state index in [0.717, 1.165) is 18.4 Å². The maximum absolute atomic E-state index is 13.8. The molecule has 2 heterocycles. The van der Waals surface area contributed by atoms with Crippen LogP contribution >= 0.6 is 0 Å². The first-order chi connectivity index (χ1) is 19.8. The van der Waals surface area contributed by atoms with Gasteiger partial charge in [0.15, 0.2) is 5.60 Å². The summed E-state index contributed by atoms with van der Waals surface area (Å²) in [6.45, 7) is 2.61. The number of fused-ring (bicyclic) bond motifs is 1. The monoisotopic (exact) mass is 553 g/mol. The van der Waals surface area contributed by atoms with Crippen LogP contribution in [0.1, 0.15) is 47.7 Å². The summed E-state index contributed by atoms with van der Waals surface area (Å²) in [5.74, 6) is -1.29. The Kier molecular flexibility index (Phi) is 8.33. The number of carbonyl (C=O) groups excluding carboxylic acids is 3. The minimum absolute atomic E-state index is 0.0439. The fraction of sp³-hybridized carbons (Fsp3) is 0.303. The van der Waals surface area contributed by atoms with Crippen molar-refractivity contribution in [3.8, 4) is 0 Å². The molecule has 1 saturated heterocycles. The molecule has 212 valence electrons. The second-order valence-corrected chi connectivity index (χ2v) is 10.7. The summed E-state index contributed by atoms with van der Waals surface area (Å²) in [7, 11) is 0. The molecule has 3 aromatic carbocycles. The molecular weight excluding hydrogens is 518 g/mol. The summed E-state index contributed by atoms with van der Waals surface area (Å²) in [6, 6.07) is 23.3. The van der Waals surface area contributed by atoms with Crippen LogP contribution in [0.25, 0.3) is 0 Å². The Hall–Kier alpha value is -4.27. The molecule has 0 radical (unpaired) electrons. The molecule has 0 bridgehead atoms. The molecule has 0 saturated carbocycles. The first kappa shape index (κ1) is 28.3. The van der Waals surface area contributed by atoms with Crippen LogP contribution < -0.4 is 10.2 Å². The summed E-state index contributed by atoms with van der Waals surface area (Å²) >= 11 is 0. The van der Waals surface area contributed by atoms with Gasteiger partial charge in [-0.25, -0.2) is 0 Å². The zero-order valence-electron chi connectivity index (χ0n) is 23.1. The number of carbonyl (C=O) groups is 3. The van der Waals surface area contributed by atoms with E-state index < -0.39 is 17.4 Å². The minimum Gasteiger partial charge on any atom is -0.394 e. The van der Waals surface area contributed by atoms with Gasteiger partial charge in [-0.2, -0.15) is 0 Å². The third-order valence-corrected chi connectivity index (χ3v) is 8.05. The number of aliphatic hydroxyl groups excluding tert-OH is 1. The van der Waals surface area contributed by atoms with E-state index in [2.05, 4.69) is 5.32 Å². The van der Waals surface area contributed by atoms with Crippen molar-refractivity contribution >= 4 is 29.1 Å². The number of para-hydroxylation sites is 1. The molecule has 3 amide bonds. The molecule has 0 unspecified atom stereocenters. The van der Waals surface area contributed by atoms with E-state index in [0.29, 0.717) is 29.0 Å². The summed E-state index contributed by atoms with van der Waals surface area (Å²) < 4.78 is 0. The maximum Gasteiger partial charge on any atom is 0.264 e. The van der Waals surface area contributed by atoms with Crippen LogP contribution in [0.5, 0.6) is 0 Å². The van der Waals surface area contributed by atoms with E-state index in [1.165, 1.54) is 0 Å². The highest BCUT2D eigenvalue weighted by Gasteiger charge is 2.52. The van der Waals surface area contributed by atoms with Crippen LogP contribution in [0, 0.1) is 5.92 Å². The lowest BCUT2D eigenvalue weighted by Gasteiger charge is -2.28. The Morgan fingerprint density at radius 1 is 1.05 bits per heavy atom. The summed E-state index contributed by atoms with van der Waals surface area (Å²) in [5.41, 5.74) is 1.43. The summed E-state index contributed by atoms with van der Waals surface area (Å²) in [4.78, 5) is 42.2. The molecule has 0 spiro atoms. The van der Waals surface area contributed by atoms with Gasteiger partial charge in [-0.15, -0.1) is 0 Å². The van der Waals surface area contributed by atoms with Crippen LogP contribution in [-0.2, 0) is 21.7 Å². The molecule has 2 aliphatic heterocycles. The van der Waals surface area contributed by atoms with Crippen LogP contribution in [0.4, 0.5) is 11.4 Å². The van der Waals surface area contributed by atoms with Crippen LogP contribution in [0.3, 0.4) is 0 Å². The molecule has 3 N–H and O–H groups in total. The topological polar surface area (TPSA) is 110 Å². The normalized spacial score (nSPS) is 20.9. The smallest absolute Gasteiger partial charge is 0.264 e. The first-order valence-corrected chi connectivity index (χ1v) is 14.0. The number of benzene rings is 3. The van der Waals surface area contributed by atoms with Crippen molar-refractivity contribution in [3.63, 3.8) is 0 Å². The fourth-order valence-corrected chi connectivity index (χ4v) is 5.71. The minimum atomic E-state index is -1.78. The highest BCUT2D eigenvalue weighted by Crippen LogP contribution is 2.45. The van der Waals surface area contributed by atoms with E-state index >= 15 is 0 Å². The highest BCUT2D eigenvalue weighted by molar-refractivity contribution is 6.07. The van der Waals surface area contributed by atoms with Crippen LogP contribution in [0.15, 0.2) is 91.0 Å². The van der Waals surface area contributed by atoms with Crippen molar-refractivity contribution in [1.29, 1.82) is 0 Å². The predicted octanol–water partition coefficient (Wildman–Crippen LogP) is 4.24. The van der Waals surface area contributed by atoms with Gasteiger partial charge in [0.25, 0.3) is 11.8 Å². The molecule has 3 aromatic rings. The largest absolute Gasteiger partial charge is 0.394 e. The van der Waals surface area contributed by atoms with Crippen molar-refractivity contribution in [2.45, 2.75) is 44.4 Å². The van der Waals surface area contributed by atoms with Crippen molar-refractivity contribution in [2.75, 3.05) is 23.4 Å². The first-order valence-electron chi connectivity index (χ1n) is 14.0. The number of rotatable bonds is 9. The van der Waals surface area contributed by atoms with Crippen molar-refractivity contribution in [3.05, 3.63) is 108 Å². The van der Waals surface area contributed by atoms with Gasteiger partial charge in [0.1, 0.15) is 0 Å². The molecule has 8 heteroatoms. The van der Waals surface area contributed by atoms with Gasteiger partial charge in [-0.1, -0.05) is 67.6 Å². The number of nitrogens with zero attached hydrogens (tertiary/aromatic N) is 2. The average molecular weight is 554 g/mol. The van der Waals surface area contributed by atoms with E-state index in [-0.39, 0.29) is 37.4 Å². The number of likely N-dealkylation sites (tertiary alicyclic amines) is 1. The zero-order valence-corrected chi connectivity index (χ0v) is 23.1. The second-order valence-electron chi connectivity index (χ2n) is 10.7. The van der Waals surface area contributed by atoms with E-state index in [9.17, 15) is 24.6 Å². The van der Waals surface area contributed by atoms with Gasteiger partial charge in [0, 0.05) is 35.7 Å². The summed E-state index contributed by atoms with van der Waals surface area (Å²) in [5, 5.41) is 24.2. The maximum atomic E-state index is 13.8. The van der Waals surface area contributed by atoms with Crippen LogP contribution in [-0.4, -0.2) is 52.0 Å². The Balaban J connectivity index is 1.28. The fourth-order valence-electron chi connectivity index (χ4n) is 5.71. The molecule has 5 rings (SSSR count). The van der Waals surface area contributed by atoms with E-state index in [1.54, 1.807) is 65.3 Å². The van der Waals surface area contributed by atoms with E-state index in [1.807, 2.05) is 42.5 Å². The lowest BCUT2D eigenvalue weighted by atomic mass is 9.83. The Bertz CT molecular complexity index is 1440. The number of hydrogen-bond acceptors (Lipinski definition) is 5. The Morgan fingerprint density at radius 2 is 1.76 bits per heavy atom. The molecule has 1 fully saturated rings. The van der Waals surface area contributed by atoms with Crippen molar-refractivity contribution < 1.29 is 24.6 Å². The van der Waals surface area contributed by atoms with E-state index in [4.69, 9.17) is 0 Å². The summed E-state index contributed by atoms with van der Waals surface area (Å²) in [6.07, 6.45) is 5.25. The predicted molar refractivity (Wildman–Crippen MR) is 157 cm³/mol. The van der Waals surface area contributed by atoms with Gasteiger partial charge in [-0.05, 0) is 48.7 Å².